The first-order valence-electron chi connectivity index (χ1n) is 8.20. The molecule has 2 heterocycles. The molecule has 7 nitrogen and oxygen atoms in total. The summed E-state index contributed by atoms with van der Waals surface area (Å²) < 4.78 is 0.968. The van der Waals surface area contributed by atoms with Gasteiger partial charge in [-0.1, -0.05) is 15.9 Å². The Morgan fingerprint density at radius 2 is 1.88 bits per heavy atom. The van der Waals surface area contributed by atoms with Crippen molar-refractivity contribution in [1.82, 2.24) is 20.2 Å². The number of aromatic nitrogens is 2. The average molecular weight is 406 g/mol. The van der Waals surface area contributed by atoms with Crippen LogP contribution in [0.5, 0.6) is 0 Å². The van der Waals surface area contributed by atoms with Crippen molar-refractivity contribution in [3.05, 3.63) is 29.0 Å². The van der Waals surface area contributed by atoms with E-state index in [1.807, 2.05) is 32.0 Å². The van der Waals surface area contributed by atoms with Crippen LogP contribution in [0.25, 0.3) is 10.9 Å². The van der Waals surface area contributed by atoms with Gasteiger partial charge in [-0.25, -0.2) is 9.97 Å². The van der Waals surface area contributed by atoms with Crippen LogP contribution in [0.3, 0.4) is 0 Å². The second-order valence-electron chi connectivity index (χ2n) is 6.27. The van der Waals surface area contributed by atoms with Gasteiger partial charge in [0.1, 0.15) is 12.1 Å². The fourth-order valence-corrected chi connectivity index (χ4v) is 3.22. The highest BCUT2D eigenvalue weighted by molar-refractivity contribution is 9.10. The van der Waals surface area contributed by atoms with Crippen LogP contribution in [-0.4, -0.2) is 58.9 Å². The van der Waals surface area contributed by atoms with Crippen LogP contribution in [-0.2, 0) is 9.59 Å². The molecule has 0 radical (unpaired) electrons. The highest BCUT2D eigenvalue weighted by Crippen LogP contribution is 2.26. The maximum absolute atomic E-state index is 12.2. The van der Waals surface area contributed by atoms with Gasteiger partial charge in [-0.15, -0.1) is 0 Å². The van der Waals surface area contributed by atoms with Gasteiger partial charge in [0.2, 0.25) is 0 Å². The van der Waals surface area contributed by atoms with E-state index in [1.54, 1.807) is 11.2 Å². The van der Waals surface area contributed by atoms with Crippen LogP contribution in [0.15, 0.2) is 29.0 Å². The number of carbonyl (C=O) groups excluding carboxylic acids is 2. The summed E-state index contributed by atoms with van der Waals surface area (Å²) in [6.45, 7) is 5.90. The van der Waals surface area contributed by atoms with Gasteiger partial charge in [0.15, 0.2) is 0 Å². The lowest BCUT2D eigenvalue weighted by atomic mass is 10.2. The van der Waals surface area contributed by atoms with Gasteiger partial charge >= 0.3 is 11.8 Å². The SMILES string of the molecule is CC(C)NC(=O)C(=O)N1CCN(c2ncnc3ccc(Br)cc23)CC1. The van der Waals surface area contributed by atoms with Crippen LogP contribution >= 0.6 is 15.9 Å². The minimum Gasteiger partial charge on any atom is -0.352 e. The topological polar surface area (TPSA) is 78.4 Å². The summed E-state index contributed by atoms with van der Waals surface area (Å²) in [6.07, 6.45) is 1.55. The zero-order valence-electron chi connectivity index (χ0n) is 14.2. The molecule has 0 spiro atoms. The van der Waals surface area contributed by atoms with E-state index in [-0.39, 0.29) is 6.04 Å². The summed E-state index contributed by atoms with van der Waals surface area (Å²) in [7, 11) is 0. The third-order valence-electron chi connectivity index (χ3n) is 4.06. The highest BCUT2D eigenvalue weighted by atomic mass is 79.9. The Morgan fingerprint density at radius 3 is 2.56 bits per heavy atom. The second-order valence-corrected chi connectivity index (χ2v) is 7.18. The maximum Gasteiger partial charge on any atom is 0.312 e. The number of benzene rings is 1. The van der Waals surface area contributed by atoms with Crippen molar-refractivity contribution in [3.8, 4) is 0 Å². The maximum atomic E-state index is 12.2. The highest BCUT2D eigenvalue weighted by Gasteiger charge is 2.27. The number of nitrogens with zero attached hydrogens (tertiary/aromatic N) is 4. The number of fused-ring (bicyclic) bond motifs is 1. The molecular weight excluding hydrogens is 386 g/mol. The molecule has 3 rings (SSSR count). The van der Waals surface area contributed by atoms with E-state index < -0.39 is 11.8 Å². The first kappa shape index (κ1) is 17.6. The molecule has 0 unspecified atom stereocenters. The minimum absolute atomic E-state index is 0.0523. The molecule has 1 aliphatic heterocycles. The molecule has 0 aliphatic carbocycles. The van der Waals surface area contributed by atoms with Crippen LogP contribution in [0.1, 0.15) is 13.8 Å². The molecule has 1 aromatic carbocycles. The molecule has 1 aromatic heterocycles. The lowest BCUT2D eigenvalue weighted by molar-refractivity contribution is -0.146. The summed E-state index contributed by atoms with van der Waals surface area (Å²) in [4.78, 5) is 36.5. The number of carbonyl (C=O) groups is 2. The smallest absolute Gasteiger partial charge is 0.312 e. The van der Waals surface area contributed by atoms with Crippen molar-refractivity contribution >= 4 is 44.5 Å². The third kappa shape index (κ3) is 3.89. The summed E-state index contributed by atoms with van der Waals surface area (Å²) in [5, 5.41) is 3.61. The fourth-order valence-electron chi connectivity index (χ4n) is 2.86. The van der Waals surface area contributed by atoms with E-state index >= 15 is 0 Å². The number of piperazine rings is 1. The normalized spacial score (nSPS) is 14.9. The van der Waals surface area contributed by atoms with Crippen LogP contribution in [0.4, 0.5) is 5.82 Å². The van der Waals surface area contributed by atoms with Gasteiger partial charge in [0, 0.05) is 42.1 Å². The molecule has 0 atom stereocenters. The molecule has 1 N–H and O–H groups in total. The number of amides is 2. The van der Waals surface area contributed by atoms with E-state index in [0.29, 0.717) is 26.2 Å². The zero-order chi connectivity index (χ0) is 18.0. The van der Waals surface area contributed by atoms with E-state index in [1.165, 1.54) is 0 Å². The van der Waals surface area contributed by atoms with Gasteiger partial charge in [-0.2, -0.15) is 0 Å². The van der Waals surface area contributed by atoms with Crippen molar-refractivity contribution < 1.29 is 9.59 Å². The molecule has 2 amide bonds. The largest absolute Gasteiger partial charge is 0.352 e. The molecule has 1 aliphatic rings. The number of rotatable bonds is 2. The van der Waals surface area contributed by atoms with Gasteiger partial charge in [-0.3, -0.25) is 9.59 Å². The third-order valence-corrected chi connectivity index (χ3v) is 4.55. The monoisotopic (exact) mass is 405 g/mol. The van der Waals surface area contributed by atoms with Crippen molar-refractivity contribution in [2.75, 3.05) is 31.1 Å². The fraction of sp³-hybridized carbons (Fsp3) is 0.412. The molecule has 132 valence electrons. The summed E-state index contributed by atoms with van der Waals surface area (Å²) in [5.41, 5.74) is 0.878. The summed E-state index contributed by atoms with van der Waals surface area (Å²) in [5.74, 6) is -0.159. The first-order valence-corrected chi connectivity index (χ1v) is 9.00. The van der Waals surface area contributed by atoms with Crippen molar-refractivity contribution in [2.45, 2.75) is 19.9 Å². The molecule has 2 aromatic rings. The van der Waals surface area contributed by atoms with E-state index in [9.17, 15) is 9.59 Å². The molecular formula is C17H20BrN5O2. The molecule has 25 heavy (non-hydrogen) atoms. The Labute approximate surface area is 154 Å². The van der Waals surface area contributed by atoms with Crippen LogP contribution < -0.4 is 10.2 Å². The van der Waals surface area contributed by atoms with Crippen molar-refractivity contribution in [3.63, 3.8) is 0 Å². The van der Waals surface area contributed by atoms with Gasteiger partial charge in [0.05, 0.1) is 5.52 Å². The molecule has 1 saturated heterocycles. The average Bonchev–Trinajstić information content (AvgIpc) is 2.60. The van der Waals surface area contributed by atoms with Crippen molar-refractivity contribution in [1.29, 1.82) is 0 Å². The number of hydrogen-bond donors (Lipinski definition) is 1. The Balaban J connectivity index is 1.72. The summed E-state index contributed by atoms with van der Waals surface area (Å²) >= 11 is 3.48. The number of halogens is 1. The van der Waals surface area contributed by atoms with Gasteiger partial charge in [-0.05, 0) is 32.0 Å². The number of anilines is 1. The zero-order valence-corrected chi connectivity index (χ0v) is 15.8. The molecule has 0 bridgehead atoms. The first-order chi connectivity index (χ1) is 12.0. The van der Waals surface area contributed by atoms with Crippen LogP contribution in [0.2, 0.25) is 0 Å². The van der Waals surface area contributed by atoms with E-state index in [4.69, 9.17) is 0 Å². The molecule has 1 fully saturated rings. The minimum atomic E-state index is -0.542. The quantitative estimate of drug-likeness (QED) is 0.767. The lowest BCUT2D eigenvalue weighted by Gasteiger charge is -2.35. The standard InChI is InChI=1S/C17H20BrN5O2/c1-11(2)21-16(24)17(25)23-7-5-22(6-8-23)15-13-9-12(18)3-4-14(13)19-10-20-15/h3-4,9-11H,5-8H2,1-2H3,(H,21,24). The van der Waals surface area contributed by atoms with E-state index in [2.05, 4.69) is 36.1 Å². The molecule has 8 heteroatoms. The molecule has 0 saturated carbocycles. The van der Waals surface area contributed by atoms with Gasteiger partial charge in [0.25, 0.3) is 0 Å². The Bertz CT molecular complexity index is 803. The van der Waals surface area contributed by atoms with Crippen molar-refractivity contribution in [2.24, 2.45) is 0 Å². The second kappa shape index (κ2) is 7.35. The summed E-state index contributed by atoms with van der Waals surface area (Å²) in [6, 6.07) is 5.84. The predicted octanol–water partition coefficient (Wildman–Crippen LogP) is 1.57. The van der Waals surface area contributed by atoms with E-state index in [0.717, 1.165) is 21.2 Å². The Hall–Kier alpha value is -2.22. The number of nitrogens with one attached hydrogen (secondary N) is 1. The van der Waals surface area contributed by atoms with Gasteiger partial charge < -0.3 is 15.1 Å². The number of hydrogen-bond acceptors (Lipinski definition) is 5. The van der Waals surface area contributed by atoms with Crippen LogP contribution in [0, 0.1) is 0 Å². The predicted molar refractivity (Wildman–Crippen MR) is 99.3 cm³/mol. The Kier molecular flexibility index (Phi) is 5.17. The Morgan fingerprint density at radius 1 is 1.16 bits per heavy atom. The lowest BCUT2D eigenvalue weighted by Crippen LogP contribution is -2.53.